The van der Waals surface area contributed by atoms with Gasteiger partial charge in [0.2, 0.25) is 0 Å². The topological polar surface area (TPSA) is 69.6 Å². The Balaban J connectivity index is 2.86. The first-order valence-electron chi connectivity index (χ1n) is 5.21. The molecule has 4 nitrogen and oxygen atoms in total. The molecule has 98 valence electrons. The molecule has 6 heteroatoms. The molecule has 1 atom stereocenters. The average Bonchev–Trinajstić information content (AvgIpc) is 2.34. The molecule has 0 aliphatic rings. The van der Waals surface area contributed by atoms with Gasteiger partial charge in [-0.25, -0.2) is 4.79 Å². The first kappa shape index (κ1) is 15.0. The van der Waals surface area contributed by atoms with Crippen molar-refractivity contribution in [2.45, 2.75) is 6.10 Å². The molecule has 18 heavy (non-hydrogen) atoms. The van der Waals surface area contributed by atoms with Crippen LogP contribution in [0.2, 0.25) is 0 Å². The lowest BCUT2D eigenvalue weighted by Gasteiger charge is -2.12. The Morgan fingerprint density at radius 1 is 1.56 bits per heavy atom. The standard InChI is InChI=1S/C12H13BrClNO3/c13-9-3-1-8(2-4-12(17)18)11(5-9)15-7-10(16)6-14/h1-5,10,15-16H,6-7H2,(H,17,18). The second-order valence-electron chi connectivity index (χ2n) is 3.59. The number of hydrogen-bond acceptors (Lipinski definition) is 3. The summed E-state index contributed by atoms with van der Waals surface area (Å²) in [5.41, 5.74) is 1.45. The first-order chi connectivity index (χ1) is 8.52. The molecule has 0 amide bonds. The molecule has 0 saturated heterocycles. The quantitative estimate of drug-likeness (QED) is 0.552. The fourth-order valence-corrected chi connectivity index (χ4v) is 1.74. The van der Waals surface area contributed by atoms with Crippen LogP contribution in [0.25, 0.3) is 6.08 Å². The Morgan fingerprint density at radius 3 is 2.89 bits per heavy atom. The van der Waals surface area contributed by atoms with Crippen LogP contribution in [0.5, 0.6) is 0 Å². The van der Waals surface area contributed by atoms with E-state index in [0.29, 0.717) is 6.54 Å². The molecule has 0 heterocycles. The van der Waals surface area contributed by atoms with Crippen molar-refractivity contribution in [3.05, 3.63) is 34.3 Å². The lowest BCUT2D eigenvalue weighted by molar-refractivity contribution is -0.131. The molecule has 1 aromatic rings. The normalized spacial score (nSPS) is 12.6. The number of anilines is 1. The molecular formula is C12H13BrClNO3. The summed E-state index contributed by atoms with van der Waals surface area (Å²) in [5, 5.41) is 21.0. The van der Waals surface area contributed by atoms with Crippen molar-refractivity contribution in [2.24, 2.45) is 0 Å². The van der Waals surface area contributed by atoms with E-state index in [4.69, 9.17) is 16.7 Å². The summed E-state index contributed by atoms with van der Waals surface area (Å²) in [6.45, 7) is 0.299. The molecule has 0 aromatic heterocycles. The van der Waals surface area contributed by atoms with E-state index in [1.807, 2.05) is 12.1 Å². The van der Waals surface area contributed by atoms with Crippen molar-refractivity contribution in [1.82, 2.24) is 0 Å². The van der Waals surface area contributed by atoms with Crippen LogP contribution in [0.15, 0.2) is 28.7 Å². The highest BCUT2D eigenvalue weighted by atomic mass is 79.9. The van der Waals surface area contributed by atoms with Gasteiger partial charge in [0.05, 0.1) is 12.0 Å². The molecule has 1 unspecified atom stereocenters. The molecule has 3 N–H and O–H groups in total. The average molecular weight is 335 g/mol. The zero-order valence-corrected chi connectivity index (χ0v) is 11.8. The number of aliphatic hydroxyl groups excluding tert-OH is 1. The summed E-state index contributed by atoms with van der Waals surface area (Å²) < 4.78 is 0.859. The first-order valence-corrected chi connectivity index (χ1v) is 6.54. The number of halogens is 2. The van der Waals surface area contributed by atoms with Crippen molar-refractivity contribution < 1.29 is 15.0 Å². The van der Waals surface area contributed by atoms with Crippen molar-refractivity contribution in [1.29, 1.82) is 0 Å². The van der Waals surface area contributed by atoms with Gasteiger partial charge in [-0.2, -0.15) is 0 Å². The van der Waals surface area contributed by atoms with Crippen LogP contribution in [0.4, 0.5) is 5.69 Å². The number of aliphatic carboxylic acids is 1. The summed E-state index contributed by atoms with van der Waals surface area (Å²) in [7, 11) is 0. The molecular weight excluding hydrogens is 321 g/mol. The molecule has 0 saturated carbocycles. The molecule has 0 bridgehead atoms. The van der Waals surface area contributed by atoms with Gasteiger partial charge in [0.25, 0.3) is 0 Å². The van der Waals surface area contributed by atoms with Crippen LogP contribution in [-0.2, 0) is 4.79 Å². The number of carboxylic acid groups (broad SMARTS) is 1. The maximum atomic E-state index is 10.5. The molecule has 0 spiro atoms. The van der Waals surface area contributed by atoms with Gasteiger partial charge < -0.3 is 15.5 Å². The number of alkyl halides is 1. The van der Waals surface area contributed by atoms with Crippen LogP contribution < -0.4 is 5.32 Å². The van der Waals surface area contributed by atoms with E-state index in [-0.39, 0.29) is 5.88 Å². The Labute approximate surface area is 118 Å². The Morgan fingerprint density at radius 2 is 2.28 bits per heavy atom. The van der Waals surface area contributed by atoms with Crippen LogP contribution in [0, 0.1) is 0 Å². The number of rotatable bonds is 6. The van der Waals surface area contributed by atoms with Crippen molar-refractivity contribution in [2.75, 3.05) is 17.7 Å². The third-order valence-corrected chi connectivity index (χ3v) is 2.98. The minimum Gasteiger partial charge on any atom is -0.478 e. The maximum absolute atomic E-state index is 10.5. The van der Waals surface area contributed by atoms with Gasteiger partial charge in [-0.1, -0.05) is 22.0 Å². The molecule has 0 radical (unpaired) electrons. The van der Waals surface area contributed by atoms with Gasteiger partial charge in [0, 0.05) is 22.8 Å². The highest BCUT2D eigenvalue weighted by Gasteiger charge is 2.05. The minimum absolute atomic E-state index is 0.140. The number of benzene rings is 1. The summed E-state index contributed by atoms with van der Waals surface area (Å²) in [5.74, 6) is -0.869. The van der Waals surface area contributed by atoms with E-state index < -0.39 is 12.1 Å². The minimum atomic E-state index is -1.01. The van der Waals surface area contributed by atoms with Gasteiger partial charge in [0.15, 0.2) is 0 Å². The van der Waals surface area contributed by atoms with E-state index in [1.165, 1.54) is 6.08 Å². The van der Waals surface area contributed by atoms with Gasteiger partial charge in [0.1, 0.15) is 0 Å². The van der Waals surface area contributed by atoms with E-state index in [1.54, 1.807) is 6.07 Å². The second-order valence-corrected chi connectivity index (χ2v) is 4.82. The number of carbonyl (C=O) groups is 1. The zero-order chi connectivity index (χ0) is 13.5. The van der Waals surface area contributed by atoms with Crippen molar-refractivity contribution in [3.63, 3.8) is 0 Å². The Bertz CT molecular complexity index is 451. The van der Waals surface area contributed by atoms with Gasteiger partial charge >= 0.3 is 5.97 Å². The Kier molecular flexibility index (Phi) is 6.18. The van der Waals surface area contributed by atoms with Gasteiger partial charge in [-0.05, 0) is 23.8 Å². The fourth-order valence-electron chi connectivity index (χ4n) is 1.27. The lowest BCUT2D eigenvalue weighted by Crippen LogP contribution is -2.21. The molecule has 0 aliphatic heterocycles. The number of hydrogen-bond donors (Lipinski definition) is 3. The fraction of sp³-hybridized carbons (Fsp3) is 0.250. The maximum Gasteiger partial charge on any atom is 0.328 e. The summed E-state index contributed by atoms with van der Waals surface area (Å²) >= 11 is 8.83. The van der Waals surface area contributed by atoms with Crippen molar-refractivity contribution in [3.8, 4) is 0 Å². The largest absolute Gasteiger partial charge is 0.478 e. The van der Waals surface area contributed by atoms with E-state index in [0.717, 1.165) is 21.8 Å². The SMILES string of the molecule is O=C(O)C=Cc1ccc(Br)cc1NCC(O)CCl. The summed E-state index contributed by atoms with van der Waals surface area (Å²) in [6, 6.07) is 5.39. The van der Waals surface area contributed by atoms with Gasteiger partial charge in [-0.3, -0.25) is 0 Å². The third-order valence-electron chi connectivity index (χ3n) is 2.13. The van der Waals surface area contributed by atoms with Crippen molar-refractivity contribution >= 4 is 45.3 Å². The lowest BCUT2D eigenvalue weighted by atomic mass is 10.1. The van der Waals surface area contributed by atoms with Crippen LogP contribution in [0.3, 0.4) is 0 Å². The van der Waals surface area contributed by atoms with E-state index >= 15 is 0 Å². The smallest absolute Gasteiger partial charge is 0.328 e. The molecule has 0 aliphatic carbocycles. The van der Waals surface area contributed by atoms with E-state index in [9.17, 15) is 9.90 Å². The van der Waals surface area contributed by atoms with Gasteiger partial charge in [-0.15, -0.1) is 11.6 Å². The highest BCUT2D eigenvalue weighted by Crippen LogP contribution is 2.22. The molecule has 1 rings (SSSR count). The monoisotopic (exact) mass is 333 g/mol. The summed E-state index contributed by atoms with van der Waals surface area (Å²) in [6.07, 6.45) is 1.90. The predicted octanol–water partition coefficient (Wildman–Crippen LogP) is 2.56. The third kappa shape index (κ3) is 5.08. The highest BCUT2D eigenvalue weighted by molar-refractivity contribution is 9.10. The number of nitrogens with one attached hydrogen (secondary N) is 1. The van der Waals surface area contributed by atoms with Crippen LogP contribution in [0.1, 0.15) is 5.56 Å². The second kappa shape index (κ2) is 7.41. The molecule has 1 aromatic carbocycles. The Hall–Kier alpha value is -1.04. The van der Waals surface area contributed by atoms with Crippen LogP contribution >= 0.6 is 27.5 Å². The zero-order valence-electron chi connectivity index (χ0n) is 9.44. The number of aliphatic hydroxyl groups is 1. The molecule has 0 fully saturated rings. The number of carboxylic acids is 1. The predicted molar refractivity (Wildman–Crippen MR) is 76.0 cm³/mol. The summed E-state index contributed by atoms with van der Waals surface area (Å²) in [4.78, 5) is 10.5. The van der Waals surface area contributed by atoms with E-state index in [2.05, 4.69) is 21.2 Å². The van der Waals surface area contributed by atoms with Crippen LogP contribution in [-0.4, -0.2) is 34.7 Å².